The van der Waals surface area contributed by atoms with E-state index in [9.17, 15) is 15.0 Å². The summed E-state index contributed by atoms with van der Waals surface area (Å²) in [6.45, 7) is 1.15. The maximum atomic E-state index is 12.0. The molecule has 0 unspecified atom stereocenters. The molecule has 0 heterocycles. The molecular formula is C12H17BrN2O3. The number of hydrogen-bond donors (Lipinski definition) is 4. The Morgan fingerprint density at radius 2 is 2.06 bits per heavy atom. The van der Waals surface area contributed by atoms with Crippen LogP contribution in [0.3, 0.4) is 0 Å². The molecule has 1 amide bonds. The van der Waals surface area contributed by atoms with E-state index in [-0.39, 0.29) is 19.1 Å². The van der Waals surface area contributed by atoms with Crippen molar-refractivity contribution in [2.75, 3.05) is 18.9 Å². The largest absolute Gasteiger partial charge is 0.398 e. The van der Waals surface area contributed by atoms with Gasteiger partial charge in [-0.05, 0) is 40.5 Å². The fourth-order valence-corrected chi connectivity index (χ4v) is 1.80. The normalized spacial score (nSPS) is 11.3. The fraction of sp³-hybridized carbons (Fsp3) is 0.417. The average Bonchev–Trinajstić information content (AvgIpc) is 2.39. The minimum absolute atomic E-state index is 0.318. The first-order chi connectivity index (χ1) is 8.48. The lowest BCUT2D eigenvalue weighted by atomic mass is 9.98. The van der Waals surface area contributed by atoms with Crippen molar-refractivity contribution in [1.29, 1.82) is 0 Å². The number of benzene rings is 1. The summed E-state index contributed by atoms with van der Waals surface area (Å²) in [5, 5.41) is 21.2. The summed E-state index contributed by atoms with van der Waals surface area (Å²) in [6, 6.07) is 4.80. The van der Waals surface area contributed by atoms with Gasteiger partial charge in [0.2, 0.25) is 0 Å². The molecule has 5 N–H and O–H groups in total. The summed E-state index contributed by atoms with van der Waals surface area (Å²) in [7, 11) is 0. The molecule has 0 fully saturated rings. The molecule has 5 nitrogen and oxygen atoms in total. The minimum atomic E-state index is -0.995. The van der Waals surface area contributed by atoms with Crippen molar-refractivity contribution in [1.82, 2.24) is 5.32 Å². The van der Waals surface area contributed by atoms with Crippen molar-refractivity contribution < 1.29 is 15.0 Å². The number of aliphatic hydroxyl groups excluding tert-OH is 2. The molecule has 0 atom stereocenters. The second-order valence-corrected chi connectivity index (χ2v) is 4.99. The second-order valence-electron chi connectivity index (χ2n) is 4.14. The summed E-state index contributed by atoms with van der Waals surface area (Å²) in [5.74, 6) is -0.361. The third kappa shape index (κ3) is 3.22. The van der Waals surface area contributed by atoms with Gasteiger partial charge in [0.05, 0.1) is 18.8 Å². The van der Waals surface area contributed by atoms with Gasteiger partial charge in [0.15, 0.2) is 0 Å². The monoisotopic (exact) mass is 316 g/mol. The molecule has 1 aromatic rings. The van der Waals surface area contributed by atoms with Crippen molar-refractivity contribution in [2.24, 2.45) is 0 Å². The van der Waals surface area contributed by atoms with Gasteiger partial charge in [0.1, 0.15) is 0 Å². The van der Waals surface area contributed by atoms with Gasteiger partial charge >= 0.3 is 0 Å². The van der Waals surface area contributed by atoms with Gasteiger partial charge < -0.3 is 21.3 Å². The highest BCUT2D eigenvalue weighted by atomic mass is 79.9. The van der Waals surface area contributed by atoms with Gasteiger partial charge in [-0.15, -0.1) is 0 Å². The Labute approximate surface area is 114 Å². The topological polar surface area (TPSA) is 95.6 Å². The lowest BCUT2D eigenvalue weighted by Crippen LogP contribution is -2.53. The number of rotatable bonds is 5. The van der Waals surface area contributed by atoms with Crippen LogP contribution in [0.2, 0.25) is 0 Å². The number of carbonyl (C=O) groups is 1. The smallest absolute Gasteiger partial charge is 0.251 e. The number of nitrogens with one attached hydrogen (secondary N) is 1. The van der Waals surface area contributed by atoms with Crippen LogP contribution in [0.15, 0.2) is 22.7 Å². The molecule has 1 aromatic carbocycles. The van der Waals surface area contributed by atoms with Gasteiger partial charge in [-0.1, -0.05) is 6.92 Å². The van der Waals surface area contributed by atoms with E-state index >= 15 is 0 Å². The highest BCUT2D eigenvalue weighted by molar-refractivity contribution is 9.10. The van der Waals surface area contributed by atoms with Crippen molar-refractivity contribution in [3.05, 3.63) is 28.2 Å². The van der Waals surface area contributed by atoms with Crippen LogP contribution in [0.1, 0.15) is 23.7 Å². The van der Waals surface area contributed by atoms with Gasteiger partial charge in [-0.2, -0.15) is 0 Å². The molecule has 0 aliphatic heterocycles. The van der Waals surface area contributed by atoms with E-state index < -0.39 is 5.54 Å². The third-order valence-electron chi connectivity index (χ3n) is 2.92. The molecule has 0 bridgehead atoms. The number of amides is 1. The number of halogens is 1. The van der Waals surface area contributed by atoms with Crippen LogP contribution in [0.4, 0.5) is 5.69 Å². The van der Waals surface area contributed by atoms with Crippen LogP contribution in [0.25, 0.3) is 0 Å². The molecule has 0 aliphatic carbocycles. The van der Waals surface area contributed by atoms with E-state index in [0.717, 1.165) is 0 Å². The zero-order valence-electron chi connectivity index (χ0n) is 10.1. The fourth-order valence-electron chi connectivity index (χ4n) is 1.42. The number of hydrogen-bond acceptors (Lipinski definition) is 4. The first kappa shape index (κ1) is 14.9. The van der Waals surface area contributed by atoms with Crippen molar-refractivity contribution >= 4 is 27.5 Å². The van der Waals surface area contributed by atoms with Gasteiger partial charge in [-0.3, -0.25) is 4.79 Å². The quantitative estimate of drug-likeness (QED) is 0.607. The summed E-state index contributed by atoms with van der Waals surface area (Å²) < 4.78 is 0.630. The maximum absolute atomic E-state index is 12.0. The van der Waals surface area contributed by atoms with E-state index in [4.69, 9.17) is 5.73 Å². The van der Waals surface area contributed by atoms with E-state index in [1.54, 1.807) is 25.1 Å². The molecule has 0 saturated heterocycles. The van der Waals surface area contributed by atoms with Gasteiger partial charge in [0.25, 0.3) is 5.91 Å². The van der Waals surface area contributed by atoms with E-state index in [0.29, 0.717) is 22.1 Å². The Kier molecular flexibility index (Phi) is 5.13. The first-order valence-corrected chi connectivity index (χ1v) is 6.36. The van der Waals surface area contributed by atoms with E-state index in [2.05, 4.69) is 21.2 Å². The lowest BCUT2D eigenvalue weighted by Gasteiger charge is -2.29. The summed E-state index contributed by atoms with van der Waals surface area (Å²) in [5.41, 5.74) is 5.59. The molecule has 0 aromatic heterocycles. The minimum Gasteiger partial charge on any atom is -0.398 e. The van der Waals surface area contributed by atoms with Crippen molar-refractivity contribution in [2.45, 2.75) is 18.9 Å². The molecular weight excluding hydrogens is 300 g/mol. The molecule has 0 spiro atoms. The van der Waals surface area contributed by atoms with Gasteiger partial charge in [-0.25, -0.2) is 0 Å². The van der Waals surface area contributed by atoms with Crippen LogP contribution in [-0.4, -0.2) is 34.9 Å². The number of nitrogens with two attached hydrogens (primary N) is 1. The molecule has 0 aliphatic rings. The van der Waals surface area contributed by atoms with Crippen LogP contribution >= 0.6 is 15.9 Å². The molecule has 6 heteroatoms. The SMILES string of the molecule is CCC(CO)(CO)NC(=O)c1ccc(N)c(Br)c1. The van der Waals surface area contributed by atoms with Crippen LogP contribution in [0, 0.1) is 0 Å². The predicted molar refractivity (Wildman–Crippen MR) is 73.2 cm³/mol. The Hall–Kier alpha value is -1.11. The zero-order chi connectivity index (χ0) is 13.8. The Morgan fingerprint density at radius 1 is 1.44 bits per heavy atom. The highest BCUT2D eigenvalue weighted by Gasteiger charge is 2.28. The second kappa shape index (κ2) is 6.17. The maximum Gasteiger partial charge on any atom is 0.251 e. The standard InChI is InChI=1S/C12H17BrN2O3/c1-2-12(6-16,7-17)15-11(18)8-3-4-10(14)9(13)5-8/h3-5,16-17H,2,6-7,14H2,1H3,(H,15,18). The Balaban J connectivity index is 2.90. The molecule has 100 valence electrons. The lowest BCUT2D eigenvalue weighted by molar-refractivity contribution is 0.0653. The third-order valence-corrected chi connectivity index (χ3v) is 3.61. The Bertz CT molecular complexity index is 425. The highest BCUT2D eigenvalue weighted by Crippen LogP contribution is 2.21. The summed E-state index contributed by atoms with van der Waals surface area (Å²) in [6.07, 6.45) is 0.432. The molecule has 1 rings (SSSR count). The molecule has 18 heavy (non-hydrogen) atoms. The number of nitrogen functional groups attached to an aromatic ring is 1. The van der Waals surface area contributed by atoms with Crippen LogP contribution in [0.5, 0.6) is 0 Å². The van der Waals surface area contributed by atoms with Crippen LogP contribution < -0.4 is 11.1 Å². The Morgan fingerprint density at radius 3 is 2.50 bits per heavy atom. The van der Waals surface area contributed by atoms with E-state index in [1.807, 2.05) is 0 Å². The van der Waals surface area contributed by atoms with E-state index in [1.165, 1.54) is 0 Å². The first-order valence-electron chi connectivity index (χ1n) is 5.57. The zero-order valence-corrected chi connectivity index (χ0v) is 11.7. The van der Waals surface area contributed by atoms with Crippen LogP contribution in [-0.2, 0) is 0 Å². The van der Waals surface area contributed by atoms with Crippen molar-refractivity contribution in [3.63, 3.8) is 0 Å². The summed E-state index contributed by atoms with van der Waals surface area (Å²) in [4.78, 5) is 12.0. The average molecular weight is 317 g/mol. The summed E-state index contributed by atoms with van der Waals surface area (Å²) >= 11 is 3.24. The number of anilines is 1. The molecule has 0 radical (unpaired) electrons. The molecule has 0 saturated carbocycles. The number of aliphatic hydroxyl groups is 2. The van der Waals surface area contributed by atoms with Crippen molar-refractivity contribution in [3.8, 4) is 0 Å². The number of carbonyl (C=O) groups excluding carboxylic acids is 1. The predicted octanol–water partition coefficient (Wildman–Crippen LogP) is 0.895. The van der Waals surface area contributed by atoms with Gasteiger partial charge in [0, 0.05) is 15.7 Å².